The third-order valence-corrected chi connectivity index (χ3v) is 7.78. The Morgan fingerprint density at radius 1 is 1.11 bits per heavy atom. The van der Waals surface area contributed by atoms with E-state index in [9.17, 15) is 8.42 Å². The van der Waals surface area contributed by atoms with Gasteiger partial charge in [0, 0.05) is 30.7 Å². The predicted octanol–water partition coefficient (Wildman–Crippen LogP) is 2.64. The maximum absolute atomic E-state index is 13.4. The maximum atomic E-state index is 13.4. The van der Waals surface area contributed by atoms with Gasteiger partial charge in [0.1, 0.15) is 10.7 Å². The molecule has 7 nitrogen and oxygen atoms in total. The fraction of sp³-hybridized carbons (Fsp3) is 0.333. The lowest BCUT2D eigenvalue weighted by Gasteiger charge is -2.30. The number of fused-ring (bicyclic) bond motifs is 1. The summed E-state index contributed by atoms with van der Waals surface area (Å²) in [6, 6.07) is 6.59. The number of piperazine rings is 1. The number of aryl methyl sites for hydroxylation is 2. The zero-order valence-corrected chi connectivity index (χ0v) is 18.8. The van der Waals surface area contributed by atoms with Crippen LogP contribution in [0.4, 0.5) is 5.82 Å². The first-order chi connectivity index (χ1) is 13.3. The molecule has 1 saturated heterocycles. The second-order valence-electron chi connectivity index (χ2n) is 6.71. The molecular weight excluding hydrogens is 462 g/mol. The summed E-state index contributed by atoms with van der Waals surface area (Å²) in [5, 5.41) is 7.88. The minimum atomic E-state index is -3.77. The molecule has 1 aliphatic heterocycles. The van der Waals surface area contributed by atoms with E-state index in [0.717, 1.165) is 36.5 Å². The zero-order valence-electron chi connectivity index (χ0n) is 15.5. The first kappa shape index (κ1) is 19.7. The molecule has 10 heteroatoms. The number of nitrogens with one attached hydrogen (secondary N) is 1. The Morgan fingerprint density at radius 3 is 2.39 bits per heavy atom. The predicted molar refractivity (Wildman–Crippen MR) is 114 cm³/mol. The highest BCUT2D eigenvalue weighted by Gasteiger charge is 2.30. The molecule has 0 aliphatic carbocycles. The summed E-state index contributed by atoms with van der Waals surface area (Å²) in [5.41, 5.74) is 1.44. The highest BCUT2D eigenvalue weighted by molar-refractivity contribution is 9.10. The molecule has 3 aromatic rings. The molecule has 1 aliphatic rings. The molecule has 0 spiro atoms. The third kappa shape index (κ3) is 3.22. The van der Waals surface area contributed by atoms with Crippen molar-refractivity contribution in [1.82, 2.24) is 19.9 Å². The molecule has 148 valence electrons. The van der Waals surface area contributed by atoms with Gasteiger partial charge < -0.3 is 10.2 Å². The Morgan fingerprint density at radius 2 is 1.75 bits per heavy atom. The monoisotopic (exact) mass is 481 g/mol. The van der Waals surface area contributed by atoms with E-state index in [1.54, 1.807) is 35.7 Å². The Labute approximate surface area is 177 Å². The molecule has 4 rings (SSSR count). The number of hydrogen-bond acceptors (Lipinski definition) is 7. The van der Waals surface area contributed by atoms with E-state index in [4.69, 9.17) is 0 Å². The number of rotatable bonds is 3. The van der Waals surface area contributed by atoms with Gasteiger partial charge >= 0.3 is 0 Å². The van der Waals surface area contributed by atoms with Crippen LogP contribution in [-0.2, 0) is 9.84 Å². The number of hydrogen-bond donors (Lipinski definition) is 2. The first-order valence-electron chi connectivity index (χ1n) is 8.86. The molecule has 3 heterocycles. The van der Waals surface area contributed by atoms with Crippen LogP contribution in [0.5, 0.6) is 0 Å². The summed E-state index contributed by atoms with van der Waals surface area (Å²) >= 11 is 8.00. The van der Waals surface area contributed by atoms with Crippen molar-refractivity contribution in [1.29, 1.82) is 0 Å². The van der Waals surface area contributed by atoms with Crippen molar-refractivity contribution in [2.75, 3.05) is 31.1 Å². The highest BCUT2D eigenvalue weighted by atomic mass is 79.9. The zero-order chi connectivity index (χ0) is 20.1. The molecule has 28 heavy (non-hydrogen) atoms. The minimum absolute atomic E-state index is 0.141. The molecule has 0 atom stereocenters. The van der Waals surface area contributed by atoms with Crippen molar-refractivity contribution in [3.8, 4) is 0 Å². The van der Waals surface area contributed by atoms with Crippen LogP contribution in [0.15, 0.2) is 43.4 Å². The number of thiol groups is 1. The van der Waals surface area contributed by atoms with Crippen molar-refractivity contribution in [2.45, 2.75) is 28.5 Å². The van der Waals surface area contributed by atoms with Crippen molar-refractivity contribution >= 4 is 49.9 Å². The van der Waals surface area contributed by atoms with Crippen LogP contribution < -0.4 is 10.2 Å². The molecular formula is C18H20BrN5O2S2. The van der Waals surface area contributed by atoms with Crippen molar-refractivity contribution in [2.24, 2.45) is 0 Å². The topological polar surface area (TPSA) is 79.6 Å². The Hall–Kier alpha value is -1.62. The van der Waals surface area contributed by atoms with Gasteiger partial charge in [-0.2, -0.15) is 9.61 Å². The number of sulfone groups is 1. The summed E-state index contributed by atoms with van der Waals surface area (Å²) in [5.74, 6) is 0.785. The summed E-state index contributed by atoms with van der Waals surface area (Å²) in [4.78, 5) is 7.79. The lowest BCUT2D eigenvalue weighted by atomic mass is 10.3. The van der Waals surface area contributed by atoms with Gasteiger partial charge in [-0.25, -0.2) is 13.4 Å². The van der Waals surface area contributed by atoms with E-state index in [1.807, 2.05) is 6.92 Å². The van der Waals surface area contributed by atoms with E-state index < -0.39 is 9.84 Å². The van der Waals surface area contributed by atoms with Crippen LogP contribution in [0.2, 0.25) is 0 Å². The minimum Gasteiger partial charge on any atom is -0.353 e. The van der Waals surface area contributed by atoms with Crippen LogP contribution in [0.3, 0.4) is 0 Å². The van der Waals surface area contributed by atoms with Crippen molar-refractivity contribution in [3.05, 3.63) is 40.1 Å². The lowest BCUT2D eigenvalue weighted by molar-refractivity contribution is 0.575. The van der Waals surface area contributed by atoms with Crippen LogP contribution in [-0.4, -0.2) is 49.2 Å². The Kier molecular flexibility index (Phi) is 5.15. The van der Waals surface area contributed by atoms with Gasteiger partial charge in [-0.1, -0.05) is 15.9 Å². The van der Waals surface area contributed by atoms with Crippen molar-refractivity contribution < 1.29 is 8.42 Å². The fourth-order valence-corrected chi connectivity index (χ4v) is 5.51. The summed E-state index contributed by atoms with van der Waals surface area (Å²) in [6.45, 7) is 6.82. The molecule has 0 saturated carbocycles. The van der Waals surface area contributed by atoms with Gasteiger partial charge in [-0.15, -0.1) is 12.6 Å². The van der Waals surface area contributed by atoms with Crippen LogP contribution >= 0.6 is 28.6 Å². The van der Waals surface area contributed by atoms with Gasteiger partial charge in [-0.3, -0.25) is 0 Å². The maximum Gasteiger partial charge on any atom is 0.212 e. The molecule has 1 fully saturated rings. The van der Waals surface area contributed by atoms with E-state index in [-0.39, 0.29) is 9.79 Å². The molecule has 1 aromatic carbocycles. The van der Waals surface area contributed by atoms with E-state index in [2.05, 4.69) is 48.9 Å². The van der Waals surface area contributed by atoms with Crippen molar-refractivity contribution in [3.63, 3.8) is 0 Å². The molecule has 0 amide bonds. The van der Waals surface area contributed by atoms with Crippen LogP contribution in [0.1, 0.15) is 11.4 Å². The largest absolute Gasteiger partial charge is 0.353 e. The summed E-state index contributed by atoms with van der Waals surface area (Å²) in [6.07, 6.45) is 0. The quantitative estimate of drug-likeness (QED) is 0.559. The third-order valence-electron chi connectivity index (χ3n) is 4.82. The molecule has 2 aromatic heterocycles. The number of anilines is 1. The number of aromatic nitrogens is 3. The lowest BCUT2D eigenvalue weighted by Crippen LogP contribution is -2.44. The number of nitrogens with zero attached hydrogens (tertiary/aromatic N) is 4. The average Bonchev–Trinajstić information content (AvgIpc) is 2.99. The van der Waals surface area contributed by atoms with E-state index in [1.165, 1.54) is 0 Å². The van der Waals surface area contributed by atoms with Gasteiger partial charge in [0.2, 0.25) is 9.84 Å². The highest BCUT2D eigenvalue weighted by Crippen LogP contribution is 2.33. The van der Waals surface area contributed by atoms with Gasteiger partial charge in [0.05, 0.1) is 21.2 Å². The number of halogens is 1. The van der Waals surface area contributed by atoms with Gasteiger partial charge in [-0.05, 0) is 38.1 Å². The molecule has 0 radical (unpaired) electrons. The van der Waals surface area contributed by atoms with Crippen LogP contribution in [0.25, 0.3) is 5.65 Å². The Bertz CT molecular complexity index is 1150. The number of benzene rings is 1. The smallest absolute Gasteiger partial charge is 0.212 e. The Balaban J connectivity index is 1.97. The first-order valence-corrected chi connectivity index (χ1v) is 11.6. The van der Waals surface area contributed by atoms with Gasteiger partial charge in [0.15, 0.2) is 5.65 Å². The molecule has 0 unspecified atom stereocenters. The van der Waals surface area contributed by atoms with Gasteiger partial charge in [0.25, 0.3) is 0 Å². The molecule has 1 N–H and O–H groups in total. The average molecular weight is 482 g/mol. The second kappa shape index (κ2) is 7.33. The SMILES string of the molecule is Cc1nc2c(S(=O)(=O)c3ccc(Br)cc3)c(C)nn2c(N2CCNCC2)c1S. The fourth-order valence-electron chi connectivity index (χ4n) is 3.43. The van der Waals surface area contributed by atoms with E-state index >= 15 is 0 Å². The summed E-state index contributed by atoms with van der Waals surface area (Å²) < 4.78 is 29.2. The molecule has 0 bridgehead atoms. The standard InChI is InChI=1S/C18H20BrN5O2S2/c1-11-15(27)18(23-9-7-20-8-10-23)24-17(21-11)16(12(2)22-24)28(25,26)14-5-3-13(19)4-6-14/h3-6,20,27H,7-10H2,1-2H3. The normalized spacial score (nSPS) is 15.4. The summed E-state index contributed by atoms with van der Waals surface area (Å²) in [7, 11) is -3.77. The van der Waals surface area contributed by atoms with Crippen LogP contribution in [0, 0.1) is 13.8 Å². The second-order valence-corrected chi connectivity index (χ2v) is 9.96. The van der Waals surface area contributed by atoms with E-state index in [0.29, 0.717) is 21.9 Å².